The molecule has 0 bridgehead atoms. The molecule has 0 saturated heterocycles. The normalized spacial score (nSPS) is 8.76. The Balaban J connectivity index is 0.000000339. The van der Waals surface area contributed by atoms with E-state index in [1.54, 1.807) is 72.8 Å². The Labute approximate surface area is 219 Å². The molecule has 0 saturated carbocycles. The summed E-state index contributed by atoms with van der Waals surface area (Å²) in [6, 6.07) is 21.5. The van der Waals surface area contributed by atoms with E-state index in [0.717, 1.165) is 29.8 Å². The van der Waals surface area contributed by atoms with E-state index in [1.807, 2.05) is 0 Å². The largest absolute Gasteiger partial charge is 3.00 e. The van der Waals surface area contributed by atoms with E-state index in [-0.39, 0.29) is 46.9 Å². The minimum absolute atomic E-state index is 0. The molecule has 3 rings (SSSR count). The van der Waals surface area contributed by atoms with E-state index in [1.165, 1.54) is 0 Å². The quantitative estimate of drug-likeness (QED) is 0.262. The molecule has 0 aliphatic heterocycles. The average Bonchev–Trinajstić information content (AvgIpc) is 2.57. The molecule has 1 radical (unpaired) electrons. The van der Waals surface area contributed by atoms with Crippen LogP contribution in [0.4, 0.5) is 0 Å². The van der Waals surface area contributed by atoms with Crippen LogP contribution in [0.1, 0.15) is 0 Å². The fourth-order valence-electron chi connectivity index (χ4n) is 1.30. The summed E-state index contributed by atoms with van der Waals surface area (Å²) < 4.78 is 0. The predicted molar refractivity (Wildman–Crippen MR) is 111 cm³/mol. The molecular weight excluding hydrogens is 592 g/mol. The number of hydrogen-bond acceptors (Lipinski definition) is 3. The third-order valence-corrected chi connectivity index (χ3v) is 4.01. The van der Waals surface area contributed by atoms with Crippen LogP contribution in [0.15, 0.2) is 87.5 Å². The monoisotopic (exact) mass is 603 g/mol. The van der Waals surface area contributed by atoms with Crippen LogP contribution in [0.25, 0.3) is 0 Å². The molecule has 7 heteroatoms. The van der Waals surface area contributed by atoms with Crippen LogP contribution < -0.4 is 0 Å². The Hall–Kier alpha value is 0.709. The molecule has 0 aliphatic carbocycles. The summed E-state index contributed by atoms with van der Waals surface area (Å²) in [6.07, 6.45) is 0. The van der Waals surface area contributed by atoms with E-state index < -0.39 is 0 Å². The van der Waals surface area contributed by atoms with Crippen LogP contribution in [0.5, 0.6) is 0 Å². The Kier molecular flexibility index (Phi) is 15.1. The minimum Gasteiger partial charge on any atom is -0.780 e. The summed E-state index contributed by atoms with van der Waals surface area (Å²) in [5.74, 6) is 0. The standard InChI is InChI=1S/3C6H5ClS.Yb/c3*7-5-1-3-6(8)4-2-5;/h3*1-4,8H;/q;;;+3/p-3. The van der Waals surface area contributed by atoms with E-state index in [4.69, 9.17) is 72.7 Å². The molecule has 0 spiro atoms. The van der Waals surface area contributed by atoms with Crippen molar-refractivity contribution in [3.63, 3.8) is 0 Å². The molecule has 0 fully saturated rings. The Morgan fingerprint density at radius 1 is 0.400 bits per heavy atom. The Morgan fingerprint density at radius 3 is 0.680 bits per heavy atom. The molecule has 0 atom stereocenters. The van der Waals surface area contributed by atoms with Gasteiger partial charge in [0.25, 0.3) is 0 Å². The van der Waals surface area contributed by atoms with Crippen molar-refractivity contribution in [2.75, 3.05) is 0 Å². The molecule has 0 amide bonds. The molecule has 0 aromatic heterocycles. The van der Waals surface area contributed by atoms with Gasteiger partial charge in [-0.2, -0.15) is 14.7 Å². The number of rotatable bonds is 0. The third-order valence-electron chi connectivity index (χ3n) is 2.44. The van der Waals surface area contributed by atoms with Crippen LogP contribution in [-0.2, 0) is 37.9 Å². The second-order valence-corrected chi connectivity index (χ2v) is 7.09. The second-order valence-electron chi connectivity index (χ2n) is 4.36. The van der Waals surface area contributed by atoms with Crippen molar-refractivity contribution in [1.82, 2.24) is 0 Å². The first-order valence-corrected chi connectivity index (χ1v) is 9.00. The Morgan fingerprint density at radius 2 is 0.560 bits per heavy atom. The van der Waals surface area contributed by atoms with Gasteiger partial charge < -0.3 is 37.9 Å². The van der Waals surface area contributed by atoms with E-state index in [9.17, 15) is 0 Å². The molecule has 0 N–H and O–H groups in total. The van der Waals surface area contributed by atoms with Crippen molar-refractivity contribution in [2.24, 2.45) is 0 Å². The maximum Gasteiger partial charge on any atom is 3.00 e. The summed E-state index contributed by atoms with van der Waals surface area (Å²) in [4.78, 5) is 2.48. The second kappa shape index (κ2) is 14.7. The van der Waals surface area contributed by atoms with Gasteiger partial charge in [-0.05, 0) is 36.4 Å². The first-order chi connectivity index (χ1) is 11.4. The van der Waals surface area contributed by atoms with Gasteiger partial charge >= 0.3 is 46.9 Å². The van der Waals surface area contributed by atoms with Crippen LogP contribution in [0, 0.1) is 46.9 Å². The van der Waals surface area contributed by atoms with Crippen LogP contribution in [0.3, 0.4) is 0 Å². The smallest absolute Gasteiger partial charge is 0.780 e. The van der Waals surface area contributed by atoms with E-state index >= 15 is 0 Å². The van der Waals surface area contributed by atoms with Gasteiger partial charge in [-0.1, -0.05) is 71.2 Å². The van der Waals surface area contributed by atoms with E-state index in [0.29, 0.717) is 0 Å². The molecular formula is C18H12Cl3S3Yb. The summed E-state index contributed by atoms with van der Waals surface area (Å²) in [6.45, 7) is 0. The van der Waals surface area contributed by atoms with Gasteiger partial charge in [0.1, 0.15) is 0 Å². The molecule has 3 aromatic rings. The number of benzene rings is 3. The van der Waals surface area contributed by atoms with Crippen molar-refractivity contribution in [3.05, 3.63) is 87.9 Å². The molecule has 137 valence electrons. The van der Waals surface area contributed by atoms with E-state index in [2.05, 4.69) is 0 Å². The van der Waals surface area contributed by atoms with Gasteiger partial charge in [0.2, 0.25) is 0 Å². The molecule has 0 aliphatic rings. The fourth-order valence-corrected chi connectivity index (χ4v) is 2.09. The topological polar surface area (TPSA) is 0 Å². The van der Waals surface area contributed by atoms with Crippen molar-refractivity contribution in [1.29, 1.82) is 0 Å². The molecule has 0 nitrogen and oxygen atoms in total. The maximum absolute atomic E-state index is 5.57. The van der Waals surface area contributed by atoms with Gasteiger partial charge in [0.05, 0.1) is 0 Å². The first kappa shape index (κ1) is 25.7. The molecule has 0 heterocycles. The minimum atomic E-state index is 0. The Bertz CT molecular complexity index is 552. The maximum atomic E-state index is 5.57. The van der Waals surface area contributed by atoms with Crippen molar-refractivity contribution in [2.45, 2.75) is 14.7 Å². The molecule has 25 heavy (non-hydrogen) atoms. The zero-order chi connectivity index (χ0) is 17.9. The summed E-state index contributed by atoms with van der Waals surface area (Å²) in [5, 5.41) is 2.20. The van der Waals surface area contributed by atoms with Gasteiger partial charge in [-0.3, -0.25) is 0 Å². The SMILES string of the molecule is [S-]c1ccc(Cl)cc1.[S-]c1ccc(Cl)cc1.[S-]c1ccc(Cl)cc1.[Yb+3]. The van der Waals surface area contributed by atoms with Crippen molar-refractivity contribution < 1.29 is 46.9 Å². The number of hydrogen-bond donors (Lipinski definition) is 0. The zero-order valence-electron chi connectivity index (χ0n) is 12.6. The third kappa shape index (κ3) is 13.5. The summed E-state index contributed by atoms with van der Waals surface area (Å²) in [5.41, 5.74) is 0. The van der Waals surface area contributed by atoms with Crippen LogP contribution in [0.2, 0.25) is 15.1 Å². The van der Waals surface area contributed by atoms with Crippen molar-refractivity contribution >= 4 is 72.7 Å². The van der Waals surface area contributed by atoms with Gasteiger partial charge in [0, 0.05) is 15.1 Å². The fraction of sp³-hybridized carbons (Fsp3) is 0. The van der Waals surface area contributed by atoms with Crippen LogP contribution in [-0.4, -0.2) is 0 Å². The van der Waals surface area contributed by atoms with Gasteiger partial charge in [-0.15, -0.1) is 0 Å². The predicted octanol–water partition coefficient (Wildman–Crippen LogP) is 6.74. The van der Waals surface area contributed by atoms with Gasteiger partial charge in [0.15, 0.2) is 0 Å². The van der Waals surface area contributed by atoms with Gasteiger partial charge in [-0.25, -0.2) is 0 Å². The zero-order valence-corrected chi connectivity index (χ0v) is 19.0. The summed E-state index contributed by atoms with van der Waals surface area (Å²) >= 11 is 31.1. The molecule has 0 unspecified atom stereocenters. The average molecular weight is 604 g/mol. The van der Waals surface area contributed by atoms with Crippen molar-refractivity contribution in [3.8, 4) is 0 Å². The molecule has 3 aromatic carbocycles. The first-order valence-electron chi connectivity index (χ1n) is 6.64. The number of halogens is 3. The summed E-state index contributed by atoms with van der Waals surface area (Å²) in [7, 11) is 0. The van der Waals surface area contributed by atoms with Crippen LogP contribution >= 0.6 is 34.8 Å².